The molecule has 2 N–H and O–H groups in total. The van der Waals surface area contributed by atoms with Crippen molar-refractivity contribution in [3.8, 4) is 0 Å². The van der Waals surface area contributed by atoms with E-state index in [1.807, 2.05) is 0 Å². The number of aliphatic carboxylic acids is 1. The highest BCUT2D eigenvalue weighted by molar-refractivity contribution is 5.96. The Bertz CT molecular complexity index is 491. The standard InChI is InChI=1S/C13H15F2NO3/c1-3-7(2)11(13(18)19)16-12(17)9-6-8(14)4-5-10(9)15/h4-7,11H,3H2,1-2H3,(H,16,17)(H,18,19)/t7-,11-/m0/s1. The molecule has 0 bridgehead atoms. The van der Waals surface area contributed by atoms with E-state index in [0.717, 1.165) is 18.2 Å². The predicted octanol–water partition coefficient (Wildman–Crippen LogP) is 2.19. The van der Waals surface area contributed by atoms with Crippen molar-refractivity contribution in [3.05, 3.63) is 35.4 Å². The number of nitrogens with one attached hydrogen (secondary N) is 1. The van der Waals surface area contributed by atoms with Gasteiger partial charge in [0.15, 0.2) is 0 Å². The van der Waals surface area contributed by atoms with Crippen LogP contribution in [0.15, 0.2) is 18.2 Å². The van der Waals surface area contributed by atoms with E-state index < -0.39 is 35.1 Å². The summed E-state index contributed by atoms with van der Waals surface area (Å²) in [4.78, 5) is 22.8. The first-order chi connectivity index (χ1) is 8.86. The third kappa shape index (κ3) is 3.74. The van der Waals surface area contributed by atoms with Crippen LogP contribution >= 0.6 is 0 Å². The van der Waals surface area contributed by atoms with Crippen molar-refractivity contribution >= 4 is 11.9 Å². The van der Waals surface area contributed by atoms with E-state index in [0.29, 0.717) is 6.42 Å². The van der Waals surface area contributed by atoms with Gasteiger partial charge in [-0.2, -0.15) is 0 Å². The van der Waals surface area contributed by atoms with Crippen molar-refractivity contribution in [2.24, 2.45) is 5.92 Å². The molecule has 0 heterocycles. The third-order valence-corrected chi connectivity index (χ3v) is 2.94. The van der Waals surface area contributed by atoms with Gasteiger partial charge < -0.3 is 10.4 Å². The van der Waals surface area contributed by atoms with Crippen molar-refractivity contribution in [3.63, 3.8) is 0 Å². The molecule has 0 aliphatic heterocycles. The fourth-order valence-corrected chi connectivity index (χ4v) is 1.57. The molecule has 6 heteroatoms. The van der Waals surface area contributed by atoms with Gasteiger partial charge in [-0.3, -0.25) is 4.79 Å². The van der Waals surface area contributed by atoms with Gasteiger partial charge in [-0.05, 0) is 24.1 Å². The number of carbonyl (C=O) groups is 2. The summed E-state index contributed by atoms with van der Waals surface area (Å²) >= 11 is 0. The molecule has 0 saturated heterocycles. The van der Waals surface area contributed by atoms with Crippen LogP contribution in [0.2, 0.25) is 0 Å². The van der Waals surface area contributed by atoms with Crippen molar-refractivity contribution < 1.29 is 23.5 Å². The summed E-state index contributed by atoms with van der Waals surface area (Å²) in [5.74, 6) is -4.13. The summed E-state index contributed by atoms with van der Waals surface area (Å²) in [6, 6.07) is 1.30. The maximum absolute atomic E-state index is 13.4. The predicted molar refractivity (Wildman–Crippen MR) is 64.7 cm³/mol. The van der Waals surface area contributed by atoms with E-state index >= 15 is 0 Å². The second kappa shape index (κ2) is 6.26. The molecule has 0 radical (unpaired) electrons. The van der Waals surface area contributed by atoms with Crippen LogP contribution in [0.5, 0.6) is 0 Å². The van der Waals surface area contributed by atoms with Crippen molar-refractivity contribution in [2.75, 3.05) is 0 Å². The summed E-state index contributed by atoms with van der Waals surface area (Å²) < 4.78 is 26.3. The lowest BCUT2D eigenvalue weighted by atomic mass is 9.99. The SMILES string of the molecule is CC[C@H](C)[C@H](NC(=O)c1cc(F)ccc1F)C(=O)O. The molecule has 1 amide bonds. The number of carboxylic acid groups (broad SMARTS) is 1. The minimum atomic E-state index is -1.21. The number of halogens is 2. The zero-order valence-corrected chi connectivity index (χ0v) is 10.6. The highest BCUT2D eigenvalue weighted by atomic mass is 19.1. The number of hydrogen-bond acceptors (Lipinski definition) is 2. The lowest BCUT2D eigenvalue weighted by Crippen LogP contribution is -2.45. The summed E-state index contributed by atoms with van der Waals surface area (Å²) in [6.45, 7) is 3.43. The van der Waals surface area contributed by atoms with E-state index in [1.165, 1.54) is 0 Å². The average molecular weight is 271 g/mol. The molecule has 1 rings (SSSR count). The highest BCUT2D eigenvalue weighted by Gasteiger charge is 2.26. The fraction of sp³-hybridized carbons (Fsp3) is 0.385. The first kappa shape index (κ1) is 15.1. The Balaban J connectivity index is 2.94. The lowest BCUT2D eigenvalue weighted by Gasteiger charge is -2.20. The molecule has 0 spiro atoms. The largest absolute Gasteiger partial charge is 0.480 e. The second-order valence-corrected chi connectivity index (χ2v) is 4.30. The number of hydrogen-bond donors (Lipinski definition) is 2. The Morgan fingerprint density at radius 2 is 2.00 bits per heavy atom. The number of carboxylic acids is 1. The zero-order valence-electron chi connectivity index (χ0n) is 10.6. The quantitative estimate of drug-likeness (QED) is 0.862. The number of benzene rings is 1. The van der Waals surface area contributed by atoms with Gasteiger partial charge in [-0.15, -0.1) is 0 Å². The molecule has 1 aromatic carbocycles. The lowest BCUT2D eigenvalue weighted by molar-refractivity contribution is -0.140. The topological polar surface area (TPSA) is 66.4 Å². The number of carbonyl (C=O) groups excluding carboxylic acids is 1. The normalized spacial score (nSPS) is 13.7. The van der Waals surface area contributed by atoms with Crippen molar-refractivity contribution in [2.45, 2.75) is 26.3 Å². The van der Waals surface area contributed by atoms with Gasteiger partial charge in [0, 0.05) is 0 Å². The summed E-state index contributed by atoms with van der Waals surface area (Å²) in [5, 5.41) is 11.2. The van der Waals surface area contributed by atoms with Gasteiger partial charge >= 0.3 is 5.97 Å². The van der Waals surface area contributed by atoms with Crippen LogP contribution in [0.1, 0.15) is 30.6 Å². The van der Waals surface area contributed by atoms with Gasteiger partial charge in [0.05, 0.1) is 5.56 Å². The number of rotatable bonds is 5. The molecule has 0 aromatic heterocycles. The van der Waals surface area contributed by atoms with Crippen LogP contribution in [-0.2, 0) is 4.79 Å². The Kier molecular flexibility index (Phi) is 4.97. The molecule has 2 atom stereocenters. The Morgan fingerprint density at radius 3 is 2.53 bits per heavy atom. The summed E-state index contributed by atoms with van der Waals surface area (Å²) in [6.07, 6.45) is 0.531. The van der Waals surface area contributed by atoms with E-state index in [4.69, 9.17) is 5.11 Å². The van der Waals surface area contributed by atoms with Crippen LogP contribution in [0.4, 0.5) is 8.78 Å². The molecule has 0 unspecified atom stereocenters. The first-order valence-corrected chi connectivity index (χ1v) is 5.85. The molecule has 19 heavy (non-hydrogen) atoms. The Hall–Kier alpha value is -1.98. The minimum Gasteiger partial charge on any atom is -0.480 e. The van der Waals surface area contributed by atoms with Crippen LogP contribution < -0.4 is 5.32 Å². The monoisotopic (exact) mass is 271 g/mol. The molecule has 104 valence electrons. The van der Waals surface area contributed by atoms with Crippen LogP contribution in [0.25, 0.3) is 0 Å². The van der Waals surface area contributed by atoms with E-state index in [1.54, 1.807) is 13.8 Å². The Morgan fingerprint density at radius 1 is 1.37 bits per heavy atom. The zero-order chi connectivity index (χ0) is 14.6. The summed E-state index contributed by atoms with van der Waals surface area (Å²) in [7, 11) is 0. The molecular formula is C13H15F2NO3. The molecule has 4 nitrogen and oxygen atoms in total. The molecule has 0 aliphatic carbocycles. The average Bonchev–Trinajstić information content (AvgIpc) is 2.37. The summed E-state index contributed by atoms with van der Waals surface area (Å²) in [5.41, 5.74) is -0.505. The van der Waals surface area contributed by atoms with Crippen LogP contribution in [0, 0.1) is 17.6 Å². The molecule has 1 aromatic rings. The first-order valence-electron chi connectivity index (χ1n) is 5.85. The van der Waals surface area contributed by atoms with Gasteiger partial charge in [0.1, 0.15) is 17.7 Å². The Labute approximate surface area is 109 Å². The highest BCUT2D eigenvalue weighted by Crippen LogP contribution is 2.12. The van der Waals surface area contributed by atoms with Gasteiger partial charge in [0.25, 0.3) is 5.91 Å². The molecular weight excluding hydrogens is 256 g/mol. The van der Waals surface area contributed by atoms with E-state index in [2.05, 4.69) is 5.32 Å². The van der Waals surface area contributed by atoms with Gasteiger partial charge in [0.2, 0.25) is 0 Å². The molecule has 0 fully saturated rings. The molecule has 0 aliphatic rings. The van der Waals surface area contributed by atoms with Crippen molar-refractivity contribution in [1.29, 1.82) is 0 Å². The van der Waals surface area contributed by atoms with Crippen LogP contribution in [0.3, 0.4) is 0 Å². The second-order valence-electron chi connectivity index (χ2n) is 4.30. The fourth-order valence-electron chi connectivity index (χ4n) is 1.57. The third-order valence-electron chi connectivity index (χ3n) is 2.94. The maximum atomic E-state index is 13.4. The van der Waals surface area contributed by atoms with Crippen LogP contribution in [-0.4, -0.2) is 23.0 Å². The smallest absolute Gasteiger partial charge is 0.326 e. The van der Waals surface area contributed by atoms with Gasteiger partial charge in [-0.1, -0.05) is 20.3 Å². The van der Waals surface area contributed by atoms with Crippen molar-refractivity contribution in [1.82, 2.24) is 5.32 Å². The maximum Gasteiger partial charge on any atom is 0.326 e. The van der Waals surface area contributed by atoms with E-state index in [-0.39, 0.29) is 5.92 Å². The number of amides is 1. The molecule has 0 saturated carbocycles. The minimum absolute atomic E-state index is 0.321. The van der Waals surface area contributed by atoms with Gasteiger partial charge in [-0.25, -0.2) is 13.6 Å². The van der Waals surface area contributed by atoms with E-state index in [9.17, 15) is 18.4 Å².